The lowest BCUT2D eigenvalue weighted by molar-refractivity contribution is -0.119. The van der Waals surface area contributed by atoms with E-state index in [-0.39, 0.29) is 30.7 Å². The minimum Gasteiger partial charge on any atom is -0.382 e. The number of ether oxygens (including phenoxy) is 2. The van der Waals surface area contributed by atoms with Gasteiger partial charge in [0.1, 0.15) is 5.82 Å². The van der Waals surface area contributed by atoms with Crippen LogP contribution in [-0.4, -0.2) is 62.2 Å². The number of anilines is 2. The average molecular weight is 489 g/mol. The summed E-state index contributed by atoms with van der Waals surface area (Å²) in [5, 5.41) is 6.00. The van der Waals surface area contributed by atoms with Crippen LogP contribution in [0.1, 0.15) is 36.0 Å². The second kappa shape index (κ2) is 13.0. The van der Waals surface area contributed by atoms with Crippen molar-refractivity contribution >= 4 is 40.8 Å². The second-order valence-electron chi connectivity index (χ2n) is 7.90. The Bertz CT molecular complexity index is 968. The predicted octanol–water partition coefficient (Wildman–Crippen LogP) is 3.04. The normalized spacial score (nSPS) is 14.5. The van der Waals surface area contributed by atoms with Crippen LogP contribution in [0.3, 0.4) is 0 Å². The van der Waals surface area contributed by atoms with Crippen molar-refractivity contribution in [3.8, 4) is 0 Å². The first-order valence-corrected chi connectivity index (χ1v) is 11.5. The van der Waals surface area contributed by atoms with Crippen LogP contribution >= 0.6 is 11.6 Å². The molecule has 182 valence electrons. The second-order valence-corrected chi connectivity index (χ2v) is 8.34. The van der Waals surface area contributed by atoms with Gasteiger partial charge in [-0.05, 0) is 49.2 Å². The molecule has 1 aromatic heterocycles. The number of hydrogen-bond donors (Lipinski definition) is 2. The molecular formula is C24H29ClN4O5. The molecule has 34 heavy (non-hydrogen) atoms. The van der Waals surface area contributed by atoms with Gasteiger partial charge in [-0.3, -0.25) is 14.4 Å². The molecule has 0 aliphatic carbocycles. The van der Waals surface area contributed by atoms with Crippen LogP contribution in [0.15, 0.2) is 42.6 Å². The van der Waals surface area contributed by atoms with Gasteiger partial charge in [0.2, 0.25) is 11.8 Å². The highest BCUT2D eigenvalue weighted by Crippen LogP contribution is 2.21. The van der Waals surface area contributed by atoms with E-state index in [2.05, 4.69) is 15.6 Å². The molecule has 1 atom stereocenters. The van der Waals surface area contributed by atoms with E-state index in [4.69, 9.17) is 21.1 Å². The van der Waals surface area contributed by atoms with Gasteiger partial charge in [0.05, 0.1) is 30.9 Å². The Kier molecular flexibility index (Phi) is 9.81. The summed E-state index contributed by atoms with van der Waals surface area (Å²) in [5.74, 6) is -0.204. The third-order valence-corrected chi connectivity index (χ3v) is 5.50. The number of amides is 3. The number of carbonyl (C=O) groups is 3. The zero-order valence-electron chi connectivity index (χ0n) is 19.1. The summed E-state index contributed by atoms with van der Waals surface area (Å²) in [6, 6.07) is 9.53. The average Bonchev–Trinajstić information content (AvgIpc) is 2.83. The number of rotatable bonds is 11. The van der Waals surface area contributed by atoms with Crippen LogP contribution in [0.2, 0.25) is 5.02 Å². The van der Waals surface area contributed by atoms with Crippen LogP contribution in [-0.2, 0) is 19.1 Å². The summed E-state index contributed by atoms with van der Waals surface area (Å²) in [5.41, 5.74) is 1.20. The minimum absolute atomic E-state index is 0.0105. The van der Waals surface area contributed by atoms with Gasteiger partial charge in [0.15, 0.2) is 0 Å². The van der Waals surface area contributed by atoms with E-state index in [1.807, 2.05) is 0 Å². The molecule has 0 bridgehead atoms. The highest BCUT2D eigenvalue weighted by atomic mass is 35.5. The molecular weight excluding hydrogens is 460 g/mol. The van der Waals surface area contributed by atoms with Gasteiger partial charge in [-0.15, -0.1) is 0 Å². The number of halogens is 1. The molecule has 10 heteroatoms. The molecule has 3 rings (SSSR count). The largest absolute Gasteiger partial charge is 0.382 e. The predicted molar refractivity (Wildman–Crippen MR) is 129 cm³/mol. The maximum atomic E-state index is 12.8. The van der Waals surface area contributed by atoms with Crippen molar-refractivity contribution in [1.82, 2.24) is 10.3 Å². The van der Waals surface area contributed by atoms with Crippen molar-refractivity contribution in [1.29, 1.82) is 0 Å². The monoisotopic (exact) mass is 488 g/mol. The molecule has 1 aromatic carbocycles. The molecule has 1 aliphatic rings. The SMILES string of the molecule is COCCOCC(CC(=O)Nc1ccc(Cl)cn1)NC(=O)c1ccc(N2CCCCC2=O)cc1. The van der Waals surface area contributed by atoms with Gasteiger partial charge in [0.25, 0.3) is 5.91 Å². The van der Waals surface area contributed by atoms with Gasteiger partial charge < -0.3 is 25.0 Å². The number of nitrogens with zero attached hydrogens (tertiary/aromatic N) is 2. The fourth-order valence-corrected chi connectivity index (χ4v) is 3.64. The van der Waals surface area contributed by atoms with Crippen molar-refractivity contribution in [3.05, 3.63) is 53.2 Å². The van der Waals surface area contributed by atoms with Gasteiger partial charge in [0, 0.05) is 43.9 Å². The molecule has 1 aliphatic heterocycles. The Morgan fingerprint density at radius 3 is 2.62 bits per heavy atom. The van der Waals surface area contributed by atoms with Gasteiger partial charge in [-0.1, -0.05) is 11.6 Å². The zero-order valence-corrected chi connectivity index (χ0v) is 19.8. The van der Waals surface area contributed by atoms with E-state index in [1.165, 1.54) is 6.20 Å². The first kappa shape index (κ1) is 25.6. The van der Waals surface area contributed by atoms with Crippen molar-refractivity contribution < 1.29 is 23.9 Å². The van der Waals surface area contributed by atoms with Crippen molar-refractivity contribution in [3.63, 3.8) is 0 Å². The maximum Gasteiger partial charge on any atom is 0.251 e. The first-order valence-electron chi connectivity index (χ1n) is 11.2. The van der Waals surface area contributed by atoms with E-state index in [0.29, 0.717) is 42.6 Å². The molecule has 1 fully saturated rings. The molecule has 2 N–H and O–H groups in total. The number of nitrogens with one attached hydrogen (secondary N) is 2. The summed E-state index contributed by atoms with van der Waals surface area (Å²) in [4.78, 5) is 43.3. The Morgan fingerprint density at radius 1 is 1.15 bits per heavy atom. The Balaban J connectivity index is 1.60. The van der Waals surface area contributed by atoms with Crippen LogP contribution in [0.25, 0.3) is 0 Å². The third kappa shape index (κ3) is 7.79. The molecule has 0 saturated carbocycles. The minimum atomic E-state index is -0.569. The Hall–Kier alpha value is -3.01. The fraction of sp³-hybridized carbons (Fsp3) is 0.417. The Labute approximate surface area is 203 Å². The van der Waals surface area contributed by atoms with Crippen molar-refractivity contribution in [2.24, 2.45) is 0 Å². The lowest BCUT2D eigenvalue weighted by Crippen LogP contribution is -2.41. The topological polar surface area (TPSA) is 110 Å². The maximum absolute atomic E-state index is 12.8. The van der Waals surface area contributed by atoms with E-state index in [0.717, 1.165) is 18.5 Å². The summed E-state index contributed by atoms with van der Waals surface area (Å²) in [6.45, 7) is 1.56. The Morgan fingerprint density at radius 2 is 1.94 bits per heavy atom. The fourth-order valence-electron chi connectivity index (χ4n) is 3.53. The summed E-state index contributed by atoms with van der Waals surface area (Å²) in [6.07, 6.45) is 3.84. The lowest BCUT2D eigenvalue weighted by Gasteiger charge is -2.27. The number of benzene rings is 1. The van der Waals surface area contributed by atoms with Crippen molar-refractivity contribution in [2.75, 3.05) is 43.7 Å². The van der Waals surface area contributed by atoms with Gasteiger partial charge in [-0.25, -0.2) is 4.98 Å². The third-order valence-electron chi connectivity index (χ3n) is 5.28. The number of aromatic nitrogens is 1. The van der Waals surface area contributed by atoms with Crippen molar-refractivity contribution in [2.45, 2.75) is 31.7 Å². The van der Waals surface area contributed by atoms with E-state index in [1.54, 1.807) is 48.4 Å². The molecule has 2 aromatic rings. The highest BCUT2D eigenvalue weighted by molar-refractivity contribution is 6.30. The van der Waals surface area contributed by atoms with Gasteiger partial charge in [-0.2, -0.15) is 0 Å². The quantitative estimate of drug-likeness (QED) is 0.470. The number of pyridine rings is 1. The highest BCUT2D eigenvalue weighted by Gasteiger charge is 2.21. The number of carbonyl (C=O) groups excluding carboxylic acids is 3. The number of methoxy groups -OCH3 is 1. The molecule has 1 unspecified atom stereocenters. The van der Waals surface area contributed by atoms with E-state index >= 15 is 0 Å². The molecule has 0 spiro atoms. The molecule has 3 amide bonds. The zero-order chi connectivity index (χ0) is 24.3. The summed E-state index contributed by atoms with van der Waals surface area (Å²) < 4.78 is 10.5. The summed E-state index contributed by atoms with van der Waals surface area (Å²) >= 11 is 5.82. The molecule has 0 radical (unpaired) electrons. The van der Waals surface area contributed by atoms with Crippen LogP contribution in [0, 0.1) is 0 Å². The van der Waals surface area contributed by atoms with E-state index in [9.17, 15) is 14.4 Å². The first-order chi connectivity index (χ1) is 16.5. The number of piperidine rings is 1. The molecule has 1 saturated heterocycles. The van der Waals surface area contributed by atoms with Crippen LogP contribution in [0.5, 0.6) is 0 Å². The van der Waals surface area contributed by atoms with E-state index < -0.39 is 6.04 Å². The molecule has 2 heterocycles. The number of hydrogen-bond acceptors (Lipinski definition) is 6. The van der Waals surface area contributed by atoms with Gasteiger partial charge >= 0.3 is 0 Å². The summed E-state index contributed by atoms with van der Waals surface area (Å²) in [7, 11) is 1.57. The standard InChI is InChI=1S/C24H29ClN4O5/c1-33-12-13-34-16-19(14-22(30)28-21-10-7-18(25)15-26-21)27-24(32)17-5-8-20(9-6-17)29-11-3-2-4-23(29)31/h5-10,15,19H,2-4,11-14,16H2,1H3,(H,27,32)(H,26,28,30). The van der Waals surface area contributed by atoms with Crippen LogP contribution in [0.4, 0.5) is 11.5 Å². The smallest absolute Gasteiger partial charge is 0.251 e. The van der Waals surface area contributed by atoms with Crippen LogP contribution < -0.4 is 15.5 Å². The molecule has 9 nitrogen and oxygen atoms in total. The lowest BCUT2D eigenvalue weighted by atomic mass is 10.1.